The largest absolute Gasteiger partial charge is 0.388 e. The number of hydrogen-bond acceptors (Lipinski definition) is 1. The third-order valence-corrected chi connectivity index (χ3v) is 2.27. The molecule has 13 heavy (non-hydrogen) atoms. The molecule has 1 atom stereocenters. The van der Waals surface area contributed by atoms with E-state index in [0.29, 0.717) is 22.0 Å². The molecule has 1 aromatic carbocycles. The van der Waals surface area contributed by atoms with Crippen molar-refractivity contribution in [2.45, 2.75) is 12.5 Å². The van der Waals surface area contributed by atoms with Crippen LogP contribution in [0.1, 0.15) is 18.1 Å². The first-order valence-corrected chi connectivity index (χ1v) is 4.64. The van der Waals surface area contributed by atoms with Gasteiger partial charge >= 0.3 is 0 Å². The topological polar surface area (TPSA) is 20.2 Å². The summed E-state index contributed by atoms with van der Waals surface area (Å²) >= 11 is 11.6. The summed E-state index contributed by atoms with van der Waals surface area (Å²) in [7, 11) is 0. The van der Waals surface area contributed by atoms with E-state index in [1.54, 1.807) is 24.3 Å². The van der Waals surface area contributed by atoms with Crippen LogP contribution in [0.3, 0.4) is 0 Å². The van der Waals surface area contributed by atoms with Crippen LogP contribution in [0, 0.1) is 0 Å². The molecule has 1 unspecified atom stereocenters. The maximum absolute atomic E-state index is 9.59. The fourth-order valence-corrected chi connectivity index (χ4v) is 1.59. The van der Waals surface area contributed by atoms with Crippen LogP contribution in [0.4, 0.5) is 0 Å². The van der Waals surface area contributed by atoms with Crippen molar-refractivity contribution in [2.24, 2.45) is 0 Å². The smallest absolute Gasteiger partial charge is 0.0838 e. The van der Waals surface area contributed by atoms with E-state index >= 15 is 0 Å². The zero-order valence-electron chi connectivity index (χ0n) is 7.00. The zero-order valence-corrected chi connectivity index (χ0v) is 8.52. The number of aliphatic hydroxyl groups is 1. The fourth-order valence-electron chi connectivity index (χ4n) is 1.06. The van der Waals surface area contributed by atoms with Crippen molar-refractivity contribution in [3.8, 4) is 0 Å². The van der Waals surface area contributed by atoms with Crippen LogP contribution in [-0.2, 0) is 0 Å². The Morgan fingerprint density at radius 3 is 2.69 bits per heavy atom. The van der Waals surface area contributed by atoms with E-state index in [1.165, 1.54) is 0 Å². The molecule has 1 rings (SSSR count). The van der Waals surface area contributed by atoms with Crippen molar-refractivity contribution in [1.82, 2.24) is 0 Å². The van der Waals surface area contributed by atoms with E-state index in [2.05, 4.69) is 6.58 Å². The van der Waals surface area contributed by atoms with E-state index in [9.17, 15) is 5.11 Å². The van der Waals surface area contributed by atoms with Crippen molar-refractivity contribution in [3.05, 3.63) is 46.5 Å². The van der Waals surface area contributed by atoms with E-state index < -0.39 is 6.10 Å². The van der Waals surface area contributed by atoms with E-state index in [4.69, 9.17) is 23.2 Å². The molecule has 0 fully saturated rings. The Bertz CT molecular complexity index is 310. The van der Waals surface area contributed by atoms with Crippen molar-refractivity contribution in [3.63, 3.8) is 0 Å². The van der Waals surface area contributed by atoms with Gasteiger partial charge in [-0.3, -0.25) is 0 Å². The highest BCUT2D eigenvalue weighted by atomic mass is 35.5. The lowest BCUT2D eigenvalue weighted by atomic mass is 10.1. The second-order valence-corrected chi connectivity index (χ2v) is 3.55. The van der Waals surface area contributed by atoms with Gasteiger partial charge in [0.15, 0.2) is 0 Å². The normalized spacial score (nSPS) is 12.5. The Morgan fingerprint density at radius 2 is 2.15 bits per heavy atom. The highest BCUT2D eigenvalue weighted by molar-refractivity contribution is 6.35. The van der Waals surface area contributed by atoms with Gasteiger partial charge in [-0.2, -0.15) is 0 Å². The summed E-state index contributed by atoms with van der Waals surface area (Å²) in [5.74, 6) is 0. The molecule has 0 amide bonds. The van der Waals surface area contributed by atoms with Crippen LogP contribution >= 0.6 is 23.2 Å². The van der Waals surface area contributed by atoms with Gasteiger partial charge < -0.3 is 5.11 Å². The molecular weight excluding hydrogens is 207 g/mol. The molecule has 1 aromatic rings. The summed E-state index contributed by atoms with van der Waals surface area (Å²) in [5, 5.41) is 10.7. The lowest BCUT2D eigenvalue weighted by Crippen LogP contribution is -1.96. The van der Waals surface area contributed by atoms with Crippen molar-refractivity contribution in [1.29, 1.82) is 0 Å². The molecular formula is C10H10Cl2O. The Labute approximate surface area is 87.6 Å². The minimum Gasteiger partial charge on any atom is -0.388 e. The molecule has 70 valence electrons. The van der Waals surface area contributed by atoms with Gasteiger partial charge in [-0.05, 0) is 24.1 Å². The molecule has 0 bridgehead atoms. The minimum absolute atomic E-state index is 0.487. The van der Waals surface area contributed by atoms with E-state index in [0.717, 1.165) is 0 Å². The lowest BCUT2D eigenvalue weighted by Gasteiger charge is -2.10. The van der Waals surface area contributed by atoms with Crippen LogP contribution in [0.15, 0.2) is 30.9 Å². The average molecular weight is 217 g/mol. The molecule has 3 heteroatoms. The zero-order chi connectivity index (χ0) is 9.84. The van der Waals surface area contributed by atoms with E-state index in [-0.39, 0.29) is 0 Å². The van der Waals surface area contributed by atoms with Gasteiger partial charge in [0.25, 0.3) is 0 Å². The van der Waals surface area contributed by atoms with Crippen molar-refractivity contribution in [2.75, 3.05) is 0 Å². The Balaban J connectivity index is 2.94. The van der Waals surface area contributed by atoms with Gasteiger partial charge in [0.05, 0.1) is 6.10 Å². The van der Waals surface area contributed by atoms with Crippen LogP contribution in [0.25, 0.3) is 0 Å². The maximum Gasteiger partial charge on any atom is 0.0838 e. The average Bonchev–Trinajstić information content (AvgIpc) is 2.04. The number of benzene rings is 1. The molecule has 1 N–H and O–H groups in total. The van der Waals surface area contributed by atoms with Gasteiger partial charge in [0, 0.05) is 10.0 Å². The number of halogens is 2. The molecule has 0 spiro atoms. The SMILES string of the molecule is C=CCC(O)c1ccc(Cl)cc1Cl. The van der Waals surface area contributed by atoms with Gasteiger partial charge in [0.1, 0.15) is 0 Å². The molecule has 0 heterocycles. The molecule has 0 aromatic heterocycles. The Kier molecular flexibility index (Phi) is 3.79. The summed E-state index contributed by atoms with van der Waals surface area (Å²) in [6.45, 7) is 3.54. The summed E-state index contributed by atoms with van der Waals surface area (Å²) in [6, 6.07) is 5.04. The first kappa shape index (κ1) is 10.6. The highest BCUT2D eigenvalue weighted by Gasteiger charge is 2.09. The fraction of sp³-hybridized carbons (Fsp3) is 0.200. The maximum atomic E-state index is 9.59. The molecule has 0 saturated carbocycles. The van der Waals surface area contributed by atoms with Crippen LogP contribution < -0.4 is 0 Å². The number of rotatable bonds is 3. The molecule has 0 aliphatic carbocycles. The first-order valence-electron chi connectivity index (χ1n) is 3.89. The lowest BCUT2D eigenvalue weighted by molar-refractivity contribution is 0.182. The molecule has 1 nitrogen and oxygen atoms in total. The van der Waals surface area contributed by atoms with Crippen molar-refractivity contribution < 1.29 is 5.11 Å². The molecule has 0 radical (unpaired) electrons. The minimum atomic E-state index is -0.595. The monoisotopic (exact) mass is 216 g/mol. The van der Waals surface area contributed by atoms with Gasteiger partial charge in [-0.25, -0.2) is 0 Å². The third kappa shape index (κ3) is 2.73. The predicted octanol–water partition coefficient (Wildman–Crippen LogP) is 3.60. The highest BCUT2D eigenvalue weighted by Crippen LogP contribution is 2.27. The van der Waals surface area contributed by atoms with Crippen molar-refractivity contribution >= 4 is 23.2 Å². The second kappa shape index (κ2) is 4.66. The second-order valence-electron chi connectivity index (χ2n) is 2.71. The van der Waals surface area contributed by atoms with Gasteiger partial charge in [0.2, 0.25) is 0 Å². The van der Waals surface area contributed by atoms with Crippen LogP contribution in [0.2, 0.25) is 10.0 Å². The Hall–Kier alpha value is -0.500. The standard InChI is InChI=1S/C10H10Cl2O/c1-2-3-10(13)8-5-4-7(11)6-9(8)12/h2,4-6,10,13H,1,3H2. The Morgan fingerprint density at radius 1 is 1.46 bits per heavy atom. The molecule has 0 aliphatic heterocycles. The van der Waals surface area contributed by atoms with Gasteiger partial charge in [-0.1, -0.05) is 35.3 Å². The number of hydrogen-bond donors (Lipinski definition) is 1. The summed E-state index contributed by atoms with van der Waals surface area (Å²) in [4.78, 5) is 0. The van der Waals surface area contributed by atoms with Crippen LogP contribution in [-0.4, -0.2) is 5.11 Å². The number of aliphatic hydroxyl groups excluding tert-OH is 1. The summed E-state index contributed by atoms with van der Waals surface area (Å²) in [6.07, 6.45) is 1.54. The third-order valence-electron chi connectivity index (χ3n) is 1.71. The summed E-state index contributed by atoms with van der Waals surface area (Å²) in [5.41, 5.74) is 0.686. The quantitative estimate of drug-likeness (QED) is 0.767. The van der Waals surface area contributed by atoms with E-state index in [1.807, 2.05) is 0 Å². The molecule has 0 saturated heterocycles. The van der Waals surface area contributed by atoms with Crippen LogP contribution in [0.5, 0.6) is 0 Å². The summed E-state index contributed by atoms with van der Waals surface area (Å²) < 4.78 is 0. The first-order chi connectivity index (χ1) is 6.15. The predicted molar refractivity (Wildman–Crippen MR) is 56.2 cm³/mol. The molecule has 0 aliphatic rings. The van der Waals surface area contributed by atoms with Gasteiger partial charge in [-0.15, -0.1) is 6.58 Å².